The first-order valence-corrected chi connectivity index (χ1v) is 9.63. The molecule has 1 heterocycles. The number of aliphatic imine (C=N–C) groups is 1. The maximum Gasteiger partial charge on any atom is 0.416 e. The molecule has 28 heavy (non-hydrogen) atoms. The lowest BCUT2D eigenvalue weighted by Gasteiger charge is -2.07. The normalized spacial score (nSPS) is 12.1. The van der Waals surface area contributed by atoms with Crippen molar-refractivity contribution in [2.45, 2.75) is 26.9 Å². The van der Waals surface area contributed by atoms with Crippen LogP contribution in [-0.2, 0) is 6.18 Å². The number of benzene rings is 2. The zero-order chi connectivity index (χ0) is 20.3. The van der Waals surface area contributed by atoms with E-state index in [-0.39, 0.29) is 0 Å². The first-order valence-electron chi connectivity index (χ1n) is 8.82. The summed E-state index contributed by atoms with van der Waals surface area (Å²) in [5, 5.41) is 0. The van der Waals surface area contributed by atoms with Crippen LogP contribution < -0.4 is 0 Å². The number of thiophene rings is 1. The van der Waals surface area contributed by atoms with Gasteiger partial charge < -0.3 is 0 Å². The smallest absolute Gasteiger partial charge is 0.252 e. The minimum absolute atomic E-state index is 0.637. The molecule has 144 valence electrons. The van der Waals surface area contributed by atoms with Gasteiger partial charge in [-0.2, -0.15) is 13.2 Å². The monoisotopic (exact) mass is 399 g/mol. The molecule has 0 N–H and O–H groups in total. The summed E-state index contributed by atoms with van der Waals surface area (Å²) in [4.78, 5) is 6.73. The van der Waals surface area contributed by atoms with Gasteiger partial charge in [-0.1, -0.05) is 48.0 Å². The first kappa shape index (κ1) is 20.1. The van der Waals surface area contributed by atoms with Crippen molar-refractivity contribution in [1.82, 2.24) is 0 Å². The highest BCUT2D eigenvalue weighted by atomic mass is 32.1. The zero-order valence-corrected chi connectivity index (χ0v) is 16.7. The van der Waals surface area contributed by atoms with Gasteiger partial charge in [0.1, 0.15) is 0 Å². The van der Waals surface area contributed by atoms with Gasteiger partial charge in [0.2, 0.25) is 0 Å². The Morgan fingerprint density at radius 1 is 0.821 bits per heavy atom. The average Bonchev–Trinajstić information content (AvgIpc) is 3.16. The van der Waals surface area contributed by atoms with Crippen LogP contribution in [0.2, 0.25) is 0 Å². The molecule has 5 heteroatoms. The van der Waals surface area contributed by atoms with Crippen molar-refractivity contribution in [3.8, 4) is 10.4 Å². The summed E-state index contributed by atoms with van der Waals surface area (Å²) < 4.78 is 38.2. The predicted molar refractivity (Wildman–Crippen MR) is 112 cm³/mol. The zero-order valence-electron chi connectivity index (χ0n) is 15.8. The lowest BCUT2D eigenvalue weighted by atomic mass is 10.1. The van der Waals surface area contributed by atoms with E-state index in [2.05, 4.69) is 0 Å². The molecule has 0 amide bonds. The molecule has 3 rings (SSSR count). The molecule has 2 aromatic carbocycles. The number of hydrogen-bond donors (Lipinski definition) is 0. The molecule has 0 aliphatic carbocycles. The second-order valence-electron chi connectivity index (χ2n) is 6.65. The summed E-state index contributed by atoms with van der Waals surface area (Å²) in [5.41, 5.74) is 4.11. The van der Waals surface area contributed by atoms with E-state index in [4.69, 9.17) is 4.99 Å². The van der Waals surface area contributed by atoms with Crippen LogP contribution >= 0.6 is 11.3 Å². The van der Waals surface area contributed by atoms with Gasteiger partial charge in [-0.3, -0.25) is 4.99 Å². The van der Waals surface area contributed by atoms with Gasteiger partial charge in [0, 0.05) is 15.3 Å². The maximum atomic E-state index is 12.7. The van der Waals surface area contributed by atoms with Gasteiger partial charge in [-0.05, 0) is 50.6 Å². The Bertz CT molecular complexity index is 1010. The highest BCUT2D eigenvalue weighted by Crippen LogP contribution is 2.33. The van der Waals surface area contributed by atoms with E-state index in [9.17, 15) is 13.2 Å². The number of allylic oxidation sites excluding steroid dienone is 1. The Balaban J connectivity index is 1.89. The van der Waals surface area contributed by atoms with Crippen molar-refractivity contribution in [1.29, 1.82) is 0 Å². The number of halogens is 3. The van der Waals surface area contributed by atoms with Gasteiger partial charge in [0.05, 0.1) is 17.0 Å². The molecule has 1 aromatic heterocycles. The maximum absolute atomic E-state index is 12.7. The highest BCUT2D eigenvalue weighted by molar-refractivity contribution is 7.17. The van der Waals surface area contributed by atoms with E-state index in [0.29, 0.717) is 0 Å². The minimum Gasteiger partial charge on any atom is -0.252 e. The summed E-state index contributed by atoms with van der Waals surface area (Å²) in [5.74, 6) is 0. The molecule has 0 saturated carbocycles. The number of nitrogens with zero attached hydrogens (tertiary/aromatic N) is 1. The second kappa shape index (κ2) is 8.15. The van der Waals surface area contributed by atoms with Gasteiger partial charge in [0.25, 0.3) is 0 Å². The van der Waals surface area contributed by atoms with Crippen LogP contribution in [-0.4, -0.2) is 5.71 Å². The van der Waals surface area contributed by atoms with Crippen molar-refractivity contribution in [3.05, 3.63) is 88.3 Å². The largest absolute Gasteiger partial charge is 0.416 e. The van der Waals surface area contributed by atoms with Crippen molar-refractivity contribution in [3.63, 3.8) is 0 Å². The summed E-state index contributed by atoms with van der Waals surface area (Å²) in [6.45, 7) is 6.01. The third-order valence-electron chi connectivity index (χ3n) is 4.26. The molecule has 3 aromatic rings. The van der Waals surface area contributed by atoms with Gasteiger partial charge in [-0.25, -0.2) is 0 Å². The molecule has 0 bridgehead atoms. The van der Waals surface area contributed by atoms with Crippen LogP contribution in [0.5, 0.6) is 0 Å². The summed E-state index contributed by atoms with van der Waals surface area (Å²) in [7, 11) is 0. The van der Waals surface area contributed by atoms with Crippen molar-refractivity contribution < 1.29 is 13.2 Å². The fourth-order valence-electron chi connectivity index (χ4n) is 2.79. The molecule has 0 aliphatic rings. The van der Waals surface area contributed by atoms with E-state index < -0.39 is 11.7 Å². The Morgan fingerprint density at radius 2 is 1.46 bits per heavy atom. The van der Waals surface area contributed by atoms with E-state index >= 15 is 0 Å². The molecule has 0 fully saturated rings. The summed E-state index contributed by atoms with van der Waals surface area (Å²) >= 11 is 1.52. The van der Waals surface area contributed by atoms with E-state index in [1.807, 2.05) is 63.2 Å². The summed E-state index contributed by atoms with van der Waals surface area (Å²) in [6, 6.07) is 19.1. The molecule has 0 saturated heterocycles. The van der Waals surface area contributed by atoms with Crippen molar-refractivity contribution in [2.24, 2.45) is 4.99 Å². The SMILES string of the molecule is CC(=NC(=C(C)C)c1ccccc1)c1ccc(-c2ccc(C(F)(F)F)cc2)s1. The van der Waals surface area contributed by atoms with Crippen LogP contribution in [0.3, 0.4) is 0 Å². The van der Waals surface area contributed by atoms with E-state index in [1.165, 1.54) is 23.5 Å². The molecule has 0 aliphatic heterocycles. The quantitative estimate of drug-likeness (QED) is 0.399. The molecule has 0 radical (unpaired) electrons. The van der Waals surface area contributed by atoms with Gasteiger partial charge >= 0.3 is 6.18 Å². The Labute approximate surface area is 166 Å². The fourth-order valence-corrected chi connectivity index (χ4v) is 3.75. The average molecular weight is 399 g/mol. The number of hydrogen-bond acceptors (Lipinski definition) is 2. The van der Waals surface area contributed by atoms with Crippen LogP contribution in [0, 0.1) is 0 Å². The minimum atomic E-state index is -4.32. The van der Waals surface area contributed by atoms with Gasteiger partial charge in [0.15, 0.2) is 0 Å². The molecule has 0 spiro atoms. The number of alkyl halides is 3. The van der Waals surface area contributed by atoms with Crippen molar-refractivity contribution >= 4 is 22.7 Å². The lowest BCUT2D eigenvalue weighted by Crippen LogP contribution is -2.03. The Morgan fingerprint density at radius 3 is 2.04 bits per heavy atom. The van der Waals surface area contributed by atoms with Crippen LogP contribution in [0.4, 0.5) is 13.2 Å². The van der Waals surface area contributed by atoms with Crippen LogP contribution in [0.15, 0.2) is 77.3 Å². The molecular formula is C23H20F3NS. The standard InChI is InChI=1S/C23H20F3NS/c1-15(2)22(18-7-5-4-6-8-18)27-16(3)20-13-14-21(28-20)17-9-11-19(12-10-17)23(24,25)26/h4-14H,1-3H3. The molecule has 0 atom stereocenters. The van der Waals surface area contributed by atoms with E-state index in [0.717, 1.165) is 50.0 Å². The molecule has 0 unspecified atom stereocenters. The second-order valence-corrected chi connectivity index (χ2v) is 7.73. The Kier molecular flexibility index (Phi) is 5.84. The lowest BCUT2D eigenvalue weighted by molar-refractivity contribution is -0.137. The number of rotatable bonds is 4. The Hall–Kier alpha value is -2.66. The molecule has 1 nitrogen and oxygen atoms in total. The van der Waals surface area contributed by atoms with Gasteiger partial charge in [-0.15, -0.1) is 11.3 Å². The third-order valence-corrected chi connectivity index (χ3v) is 5.50. The van der Waals surface area contributed by atoms with Crippen molar-refractivity contribution in [2.75, 3.05) is 0 Å². The van der Waals surface area contributed by atoms with Crippen LogP contribution in [0.25, 0.3) is 16.1 Å². The highest BCUT2D eigenvalue weighted by Gasteiger charge is 2.30. The summed E-state index contributed by atoms with van der Waals surface area (Å²) in [6.07, 6.45) is -4.32. The first-order chi connectivity index (χ1) is 13.3. The van der Waals surface area contributed by atoms with Crippen LogP contribution in [0.1, 0.15) is 36.8 Å². The van der Waals surface area contributed by atoms with E-state index in [1.54, 1.807) is 0 Å². The fraction of sp³-hybridized carbons (Fsp3) is 0.174. The topological polar surface area (TPSA) is 12.4 Å². The third kappa shape index (κ3) is 4.60. The molecular weight excluding hydrogens is 379 g/mol. The predicted octanol–water partition coefficient (Wildman–Crippen LogP) is 7.69.